The molecular weight excluding hydrogens is 476 g/mol. The zero-order valence-corrected chi connectivity index (χ0v) is 21.8. The summed E-state index contributed by atoms with van der Waals surface area (Å²) >= 11 is 0. The molecule has 0 spiro atoms. The lowest BCUT2D eigenvalue weighted by Crippen LogP contribution is -2.43. The molecule has 0 N–H and O–H groups in total. The monoisotopic (exact) mass is 510 g/mol. The lowest BCUT2D eigenvalue weighted by molar-refractivity contribution is -0.133. The molecule has 0 aliphatic heterocycles. The first kappa shape index (κ1) is 26.8. The first-order valence-electron chi connectivity index (χ1n) is 12.8. The van der Waals surface area contributed by atoms with Gasteiger partial charge < -0.3 is 19.1 Å². The van der Waals surface area contributed by atoms with Crippen molar-refractivity contribution in [3.05, 3.63) is 126 Å². The van der Waals surface area contributed by atoms with Crippen LogP contribution in [0.4, 0.5) is 0 Å². The Morgan fingerprint density at radius 1 is 0.816 bits per heavy atom. The Morgan fingerprint density at radius 3 is 2.18 bits per heavy atom. The van der Waals surface area contributed by atoms with E-state index in [-0.39, 0.29) is 18.4 Å². The fraction of sp³-hybridized carbons (Fsp3) is 0.258. The predicted molar refractivity (Wildman–Crippen MR) is 147 cm³/mol. The van der Waals surface area contributed by atoms with Crippen LogP contribution in [0.5, 0.6) is 0 Å². The van der Waals surface area contributed by atoms with Crippen molar-refractivity contribution < 1.29 is 14.3 Å². The average Bonchev–Trinajstić information content (AvgIpc) is 3.39. The molecule has 0 fully saturated rings. The van der Waals surface area contributed by atoms with Gasteiger partial charge in [0.15, 0.2) is 0 Å². The van der Waals surface area contributed by atoms with Gasteiger partial charge in [0, 0.05) is 63.2 Å². The van der Waals surface area contributed by atoms with Gasteiger partial charge in [-0.3, -0.25) is 14.6 Å². The Labute approximate surface area is 224 Å². The summed E-state index contributed by atoms with van der Waals surface area (Å²) in [5, 5.41) is 0. The summed E-state index contributed by atoms with van der Waals surface area (Å²) in [6.07, 6.45) is 5.85. The van der Waals surface area contributed by atoms with Crippen LogP contribution in [0.15, 0.2) is 104 Å². The first-order chi connectivity index (χ1) is 18.6. The molecule has 2 amide bonds. The molecule has 2 heterocycles. The summed E-state index contributed by atoms with van der Waals surface area (Å²) in [6.45, 7) is 2.52. The van der Waals surface area contributed by atoms with Crippen LogP contribution in [0.3, 0.4) is 0 Å². The molecule has 0 saturated carbocycles. The van der Waals surface area contributed by atoms with Crippen LogP contribution >= 0.6 is 0 Å². The van der Waals surface area contributed by atoms with Crippen LogP contribution in [0, 0.1) is 0 Å². The number of hydrogen-bond acceptors (Lipinski definition) is 4. The highest BCUT2D eigenvalue weighted by molar-refractivity contribution is 5.96. The quantitative estimate of drug-likeness (QED) is 0.246. The zero-order valence-electron chi connectivity index (χ0n) is 21.8. The Morgan fingerprint density at radius 2 is 1.50 bits per heavy atom. The number of pyridine rings is 1. The molecule has 0 radical (unpaired) electrons. The van der Waals surface area contributed by atoms with Crippen molar-refractivity contribution in [2.45, 2.75) is 26.1 Å². The van der Waals surface area contributed by atoms with E-state index in [1.807, 2.05) is 71.8 Å². The molecule has 196 valence electrons. The van der Waals surface area contributed by atoms with E-state index in [1.165, 1.54) is 5.56 Å². The zero-order chi connectivity index (χ0) is 26.6. The average molecular weight is 511 g/mol. The summed E-state index contributed by atoms with van der Waals surface area (Å²) in [5.41, 5.74) is 3.77. The molecule has 4 rings (SSSR count). The molecule has 0 bridgehead atoms. The Kier molecular flexibility index (Phi) is 9.82. The second kappa shape index (κ2) is 13.9. The third-order valence-electron chi connectivity index (χ3n) is 6.36. The minimum atomic E-state index is -0.191. The van der Waals surface area contributed by atoms with E-state index in [9.17, 15) is 9.59 Å². The highest BCUT2D eigenvalue weighted by atomic mass is 16.5. The maximum absolute atomic E-state index is 13.8. The number of carbonyl (C=O) groups is 2. The third kappa shape index (κ3) is 7.63. The van der Waals surface area contributed by atoms with Crippen molar-refractivity contribution in [2.24, 2.45) is 0 Å². The lowest BCUT2D eigenvalue weighted by Gasteiger charge is -2.28. The van der Waals surface area contributed by atoms with Gasteiger partial charge in [0.25, 0.3) is 5.91 Å². The summed E-state index contributed by atoms with van der Waals surface area (Å²) in [6, 6.07) is 27.6. The molecule has 0 atom stereocenters. The van der Waals surface area contributed by atoms with E-state index < -0.39 is 0 Å². The van der Waals surface area contributed by atoms with E-state index in [0.29, 0.717) is 38.2 Å². The molecule has 4 aromatic rings. The number of aromatic nitrogens is 2. The van der Waals surface area contributed by atoms with Gasteiger partial charge >= 0.3 is 0 Å². The van der Waals surface area contributed by atoms with Crippen LogP contribution in [-0.4, -0.2) is 58.0 Å². The largest absolute Gasteiger partial charge is 0.385 e. The van der Waals surface area contributed by atoms with Crippen molar-refractivity contribution in [1.29, 1.82) is 0 Å². The van der Waals surface area contributed by atoms with Gasteiger partial charge in [0.2, 0.25) is 5.91 Å². The second-order valence-electron chi connectivity index (χ2n) is 9.16. The van der Waals surface area contributed by atoms with Crippen LogP contribution in [-0.2, 0) is 29.2 Å². The Bertz CT molecular complexity index is 1280. The first-order valence-corrected chi connectivity index (χ1v) is 12.8. The van der Waals surface area contributed by atoms with E-state index in [2.05, 4.69) is 21.7 Å². The SMILES string of the molecule is COCCCN(CC(=O)N(Cc1ccccc1)Cc1cccn1Cc1ccccc1)C(=O)c1ccncc1. The summed E-state index contributed by atoms with van der Waals surface area (Å²) in [4.78, 5) is 34.6. The lowest BCUT2D eigenvalue weighted by atomic mass is 10.2. The van der Waals surface area contributed by atoms with Crippen LogP contribution in [0.25, 0.3) is 0 Å². The van der Waals surface area contributed by atoms with Crippen LogP contribution < -0.4 is 0 Å². The Balaban J connectivity index is 1.55. The van der Waals surface area contributed by atoms with Crippen molar-refractivity contribution in [2.75, 3.05) is 26.8 Å². The van der Waals surface area contributed by atoms with Gasteiger partial charge in [-0.2, -0.15) is 0 Å². The topological polar surface area (TPSA) is 67.7 Å². The number of amides is 2. The number of rotatable bonds is 13. The smallest absolute Gasteiger partial charge is 0.254 e. The molecule has 2 aromatic carbocycles. The minimum absolute atomic E-state index is 0.0168. The number of benzene rings is 2. The molecule has 38 heavy (non-hydrogen) atoms. The maximum atomic E-state index is 13.8. The number of hydrogen-bond donors (Lipinski definition) is 0. The molecule has 7 nitrogen and oxygen atoms in total. The van der Waals surface area contributed by atoms with Gasteiger partial charge in [-0.05, 0) is 41.8 Å². The fourth-order valence-electron chi connectivity index (χ4n) is 4.35. The number of nitrogens with zero attached hydrogens (tertiary/aromatic N) is 4. The summed E-state index contributed by atoms with van der Waals surface area (Å²) in [7, 11) is 1.63. The normalized spacial score (nSPS) is 10.8. The summed E-state index contributed by atoms with van der Waals surface area (Å²) in [5.74, 6) is -0.301. The van der Waals surface area contributed by atoms with Crippen LogP contribution in [0.1, 0.15) is 33.6 Å². The third-order valence-corrected chi connectivity index (χ3v) is 6.36. The van der Waals surface area contributed by atoms with Gasteiger partial charge in [0.05, 0.1) is 6.54 Å². The van der Waals surface area contributed by atoms with Crippen molar-refractivity contribution in [1.82, 2.24) is 19.4 Å². The summed E-state index contributed by atoms with van der Waals surface area (Å²) < 4.78 is 7.36. The maximum Gasteiger partial charge on any atom is 0.254 e. The molecule has 2 aromatic heterocycles. The van der Waals surface area contributed by atoms with E-state index >= 15 is 0 Å². The molecule has 0 aliphatic carbocycles. The fourth-order valence-corrected chi connectivity index (χ4v) is 4.35. The van der Waals surface area contributed by atoms with Gasteiger partial charge in [0.1, 0.15) is 6.54 Å². The van der Waals surface area contributed by atoms with Crippen molar-refractivity contribution in [3.8, 4) is 0 Å². The molecule has 0 saturated heterocycles. The van der Waals surface area contributed by atoms with E-state index in [1.54, 1.807) is 36.5 Å². The molecule has 0 aliphatic rings. The van der Waals surface area contributed by atoms with Gasteiger partial charge in [-0.25, -0.2) is 0 Å². The van der Waals surface area contributed by atoms with Gasteiger partial charge in [-0.15, -0.1) is 0 Å². The van der Waals surface area contributed by atoms with E-state index in [0.717, 1.165) is 17.8 Å². The number of methoxy groups -OCH3 is 1. The minimum Gasteiger partial charge on any atom is -0.385 e. The number of carbonyl (C=O) groups excluding carboxylic acids is 2. The molecular formula is C31H34N4O3. The Hall–Kier alpha value is -4.23. The number of ether oxygens (including phenoxy) is 1. The predicted octanol–water partition coefficient (Wildman–Crippen LogP) is 4.64. The van der Waals surface area contributed by atoms with Crippen LogP contribution in [0.2, 0.25) is 0 Å². The highest BCUT2D eigenvalue weighted by Crippen LogP contribution is 2.15. The molecule has 0 unspecified atom stereocenters. The van der Waals surface area contributed by atoms with Crippen molar-refractivity contribution >= 4 is 11.8 Å². The highest BCUT2D eigenvalue weighted by Gasteiger charge is 2.23. The van der Waals surface area contributed by atoms with Gasteiger partial charge in [-0.1, -0.05) is 60.7 Å². The van der Waals surface area contributed by atoms with E-state index in [4.69, 9.17) is 4.74 Å². The molecule has 7 heteroatoms. The standard InChI is InChI=1S/C31H34N4O3/c1-38-21-9-20-34(31(37)28-15-17-32-18-16-28)25-30(36)35(23-27-12-6-3-7-13-27)24-29-14-8-19-33(29)22-26-10-4-2-5-11-26/h2-8,10-19H,9,20-25H2,1H3. The van der Waals surface area contributed by atoms with Crippen molar-refractivity contribution in [3.63, 3.8) is 0 Å². The second-order valence-corrected chi connectivity index (χ2v) is 9.16.